The molecule has 1 saturated carbocycles. The zero-order valence-electron chi connectivity index (χ0n) is 13.2. The number of rotatable bonds is 3. The maximum Gasteiger partial charge on any atom is 0.240 e. The van der Waals surface area contributed by atoms with E-state index in [1.165, 1.54) is 0 Å². The fourth-order valence-corrected chi connectivity index (χ4v) is 3.43. The number of nitrogens with two attached hydrogens (primary N) is 1. The Balaban J connectivity index is 1.47. The van der Waals surface area contributed by atoms with Crippen molar-refractivity contribution in [3.63, 3.8) is 0 Å². The molecule has 0 radical (unpaired) electrons. The summed E-state index contributed by atoms with van der Waals surface area (Å²) in [5, 5.41) is 3.80. The molecule has 2 fully saturated rings. The molecule has 22 heavy (non-hydrogen) atoms. The highest BCUT2D eigenvalue weighted by atomic mass is 16.5. The van der Waals surface area contributed by atoms with E-state index in [0.29, 0.717) is 24.2 Å². The molecule has 0 bridgehead atoms. The molecule has 3 rings (SSSR count). The lowest BCUT2D eigenvalue weighted by Gasteiger charge is -2.37. The summed E-state index contributed by atoms with van der Waals surface area (Å²) in [6, 6.07) is 0.199. The van der Waals surface area contributed by atoms with Crippen molar-refractivity contribution in [3.05, 3.63) is 11.7 Å². The van der Waals surface area contributed by atoms with Crippen molar-refractivity contribution in [2.45, 2.75) is 45.2 Å². The second-order valence-electron chi connectivity index (χ2n) is 6.46. The summed E-state index contributed by atoms with van der Waals surface area (Å²) in [6.45, 7) is 5.74. The van der Waals surface area contributed by atoms with Crippen molar-refractivity contribution in [2.75, 3.05) is 26.2 Å². The molecule has 1 aliphatic carbocycles. The quantitative estimate of drug-likeness (QED) is 0.877. The number of hydrogen-bond acceptors (Lipinski definition) is 6. The van der Waals surface area contributed by atoms with Gasteiger partial charge < -0.3 is 15.2 Å². The number of aromatic nitrogens is 2. The van der Waals surface area contributed by atoms with Crippen LogP contribution in [0.3, 0.4) is 0 Å². The van der Waals surface area contributed by atoms with E-state index >= 15 is 0 Å². The predicted octanol–water partition coefficient (Wildman–Crippen LogP) is 0.540. The van der Waals surface area contributed by atoms with Crippen molar-refractivity contribution in [1.82, 2.24) is 19.9 Å². The minimum Gasteiger partial charge on any atom is -0.340 e. The van der Waals surface area contributed by atoms with E-state index in [-0.39, 0.29) is 12.0 Å². The second-order valence-corrected chi connectivity index (χ2v) is 6.46. The first-order valence-electron chi connectivity index (χ1n) is 8.17. The van der Waals surface area contributed by atoms with Gasteiger partial charge in [0.2, 0.25) is 11.8 Å². The van der Waals surface area contributed by atoms with Crippen LogP contribution in [0, 0.1) is 12.8 Å². The van der Waals surface area contributed by atoms with E-state index in [4.69, 9.17) is 10.3 Å². The molecular formula is C15H25N5O2. The van der Waals surface area contributed by atoms with Crippen LogP contribution in [0.1, 0.15) is 37.4 Å². The maximum atomic E-state index is 12.6. The summed E-state index contributed by atoms with van der Waals surface area (Å²) in [5.74, 6) is 1.74. The zero-order valence-corrected chi connectivity index (χ0v) is 13.2. The Morgan fingerprint density at radius 1 is 1.32 bits per heavy atom. The van der Waals surface area contributed by atoms with E-state index in [9.17, 15) is 4.79 Å². The van der Waals surface area contributed by atoms with Crippen LogP contribution in [0.25, 0.3) is 0 Å². The summed E-state index contributed by atoms with van der Waals surface area (Å²) in [4.78, 5) is 21.1. The third kappa shape index (κ3) is 3.64. The fraction of sp³-hybridized carbons (Fsp3) is 0.800. The number of nitrogens with zero attached hydrogens (tertiary/aromatic N) is 4. The molecule has 0 unspecified atom stereocenters. The van der Waals surface area contributed by atoms with Crippen molar-refractivity contribution in [1.29, 1.82) is 0 Å². The van der Waals surface area contributed by atoms with E-state index in [0.717, 1.165) is 51.9 Å². The molecule has 1 aromatic rings. The Kier molecular flexibility index (Phi) is 4.73. The van der Waals surface area contributed by atoms with Crippen molar-refractivity contribution in [3.8, 4) is 0 Å². The van der Waals surface area contributed by atoms with Gasteiger partial charge in [-0.25, -0.2) is 0 Å². The van der Waals surface area contributed by atoms with Crippen LogP contribution >= 0.6 is 0 Å². The Hall–Kier alpha value is -1.47. The van der Waals surface area contributed by atoms with Gasteiger partial charge in [-0.2, -0.15) is 4.98 Å². The second kappa shape index (κ2) is 6.75. The van der Waals surface area contributed by atoms with Crippen LogP contribution in [-0.4, -0.2) is 58.1 Å². The molecular weight excluding hydrogens is 282 g/mol. The van der Waals surface area contributed by atoms with Crippen molar-refractivity contribution in [2.24, 2.45) is 11.7 Å². The summed E-state index contributed by atoms with van der Waals surface area (Å²) < 4.78 is 5.15. The molecule has 2 atom stereocenters. The highest BCUT2D eigenvalue weighted by Crippen LogP contribution is 2.25. The van der Waals surface area contributed by atoms with Crippen molar-refractivity contribution < 1.29 is 9.32 Å². The van der Waals surface area contributed by atoms with Crippen LogP contribution in [0.15, 0.2) is 4.52 Å². The number of carbonyl (C=O) groups is 1. The van der Waals surface area contributed by atoms with Crippen LogP contribution in [0.5, 0.6) is 0 Å². The molecule has 2 heterocycles. The zero-order chi connectivity index (χ0) is 15.5. The lowest BCUT2D eigenvalue weighted by atomic mass is 9.85. The van der Waals surface area contributed by atoms with Gasteiger partial charge in [0.15, 0.2) is 5.82 Å². The molecule has 2 N–H and O–H groups in total. The molecule has 1 saturated heterocycles. The lowest BCUT2D eigenvalue weighted by Crippen LogP contribution is -2.51. The van der Waals surface area contributed by atoms with Gasteiger partial charge in [0, 0.05) is 38.1 Å². The third-order valence-corrected chi connectivity index (χ3v) is 4.68. The van der Waals surface area contributed by atoms with Gasteiger partial charge in [-0.05, 0) is 26.2 Å². The molecule has 122 valence electrons. The highest BCUT2D eigenvalue weighted by Gasteiger charge is 2.30. The topological polar surface area (TPSA) is 88.5 Å². The minimum atomic E-state index is 0.133. The van der Waals surface area contributed by atoms with E-state index in [2.05, 4.69) is 15.0 Å². The first-order chi connectivity index (χ1) is 10.6. The summed E-state index contributed by atoms with van der Waals surface area (Å²) >= 11 is 0. The van der Waals surface area contributed by atoms with E-state index in [1.807, 2.05) is 11.8 Å². The monoisotopic (exact) mass is 307 g/mol. The van der Waals surface area contributed by atoms with Gasteiger partial charge in [0.25, 0.3) is 0 Å². The predicted molar refractivity (Wildman–Crippen MR) is 80.8 cm³/mol. The van der Waals surface area contributed by atoms with E-state index in [1.54, 1.807) is 0 Å². The number of carbonyl (C=O) groups excluding carboxylic acids is 1. The molecule has 1 aromatic heterocycles. The van der Waals surface area contributed by atoms with Gasteiger partial charge in [-0.1, -0.05) is 11.6 Å². The Morgan fingerprint density at radius 3 is 2.73 bits per heavy atom. The Labute approximate surface area is 130 Å². The molecule has 7 heteroatoms. The maximum absolute atomic E-state index is 12.6. The Morgan fingerprint density at radius 2 is 2.09 bits per heavy atom. The summed E-state index contributed by atoms with van der Waals surface area (Å²) in [6.07, 6.45) is 3.98. The van der Waals surface area contributed by atoms with Crippen LogP contribution in [-0.2, 0) is 11.3 Å². The molecule has 1 aliphatic heterocycles. The number of hydrogen-bond donors (Lipinski definition) is 1. The first-order valence-corrected chi connectivity index (χ1v) is 8.17. The summed E-state index contributed by atoms with van der Waals surface area (Å²) in [7, 11) is 0. The minimum absolute atomic E-state index is 0.133. The van der Waals surface area contributed by atoms with Crippen molar-refractivity contribution >= 4 is 5.91 Å². The van der Waals surface area contributed by atoms with E-state index < -0.39 is 0 Å². The fourth-order valence-electron chi connectivity index (χ4n) is 3.43. The van der Waals surface area contributed by atoms with Crippen LogP contribution in [0.2, 0.25) is 0 Å². The molecule has 0 spiro atoms. The SMILES string of the molecule is Cc1noc(CN2CCN(C(=O)[C@H]3CCC[C@@H](N)C3)CC2)n1. The molecule has 0 aromatic carbocycles. The van der Waals surface area contributed by atoms with Gasteiger partial charge in [0.05, 0.1) is 6.54 Å². The largest absolute Gasteiger partial charge is 0.340 e. The molecule has 1 amide bonds. The average molecular weight is 307 g/mol. The first kappa shape index (κ1) is 15.4. The van der Waals surface area contributed by atoms with Crippen LogP contribution in [0.4, 0.5) is 0 Å². The average Bonchev–Trinajstić information content (AvgIpc) is 2.92. The Bertz CT molecular complexity index is 510. The van der Waals surface area contributed by atoms with Crippen LogP contribution < -0.4 is 5.73 Å². The standard InChI is InChI=1S/C15H25N5O2/c1-11-17-14(22-18-11)10-19-5-7-20(8-6-19)15(21)12-3-2-4-13(16)9-12/h12-13H,2-10,16H2,1H3/t12-,13+/m0/s1. The number of piperazine rings is 1. The highest BCUT2D eigenvalue weighted by molar-refractivity contribution is 5.79. The smallest absolute Gasteiger partial charge is 0.240 e. The summed E-state index contributed by atoms with van der Waals surface area (Å²) in [5.41, 5.74) is 6.00. The molecule has 2 aliphatic rings. The number of aryl methyl sites for hydroxylation is 1. The third-order valence-electron chi connectivity index (χ3n) is 4.68. The number of amides is 1. The molecule has 7 nitrogen and oxygen atoms in total. The van der Waals surface area contributed by atoms with Gasteiger partial charge in [-0.3, -0.25) is 9.69 Å². The van der Waals surface area contributed by atoms with Gasteiger partial charge >= 0.3 is 0 Å². The lowest BCUT2D eigenvalue weighted by molar-refractivity contribution is -0.138. The van der Waals surface area contributed by atoms with Gasteiger partial charge in [-0.15, -0.1) is 0 Å². The van der Waals surface area contributed by atoms with Gasteiger partial charge in [0.1, 0.15) is 0 Å². The normalized spacial score (nSPS) is 27.1.